The number of fused-ring (bicyclic) bond motifs is 2. The van der Waals surface area contributed by atoms with Crippen molar-refractivity contribution in [2.45, 2.75) is 12.7 Å². The first-order valence-corrected chi connectivity index (χ1v) is 8.98. The summed E-state index contributed by atoms with van der Waals surface area (Å²) in [5.74, 6) is -0.905. The number of hydrogen-bond acceptors (Lipinski definition) is 5. The first kappa shape index (κ1) is 20.0. The fourth-order valence-electron chi connectivity index (χ4n) is 3.04. The van der Waals surface area contributed by atoms with Crippen molar-refractivity contribution in [2.75, 3.05) is 6.61 Å². The van der Waals surface area contributed by atoms with Crippen LogP contribution in [0.25, 0.3) is 21.7 Å². The van der Waals surface area contributed by atoms with Gasteiger partial charge in [0.05, 0.1) is 11.9 Å². The molecule has 0 amide bonds. The van der Waals surface area contributed by atoms with Crippen LogP contribution in [0, 0.1) is 0 Å². The summed E-state index contributed by atoms with van der Waals surface area (Å²) < 4.78 is 48.4. The summed E-state index contributed by atoms with van der Waals surface area (Å²) in [5.41, 5.74) is -0.496. The molecule has 0 N–H and O–H groups in total. The molecule has 0 aliphatic rings. The van der Waals surface area contributed by atoms with Crippen LogP contribution in [0.15, 0.2) is 58.1 Å². The molecule has 0 aliphatic carbocycles. The minimum Gasteiger partial charge on any atom is -0.458 e. The highest BCUT2D eigenvalue weighted by atomic mass is 35.5. The Morgan fingerprint density at radius 2 is 2.00 bits per heavy atom. The minimum absolute atomic E-state index is 0.0251. The molecule has 0 radical (unpaired) electrons. The molecule has 0 atom stereocenters. The Bertz CT molecular complexity index is 1330. The van der Waals surface area contributed by atoms with Crippen molar-refractivity contribution in [2.24, 2.45) is 0 Å². The summed E-state index contributed by atoms with van der Waals surface area (Å²) in [5, 5.41) is 1.68. The molecule has 0 spiro atoms. The molecule has 0 unspecified atom stereocenters. The van der Waals surface area contributed by atoms with E-state index in [1.807, 2.05) is 0 Å². The second kappa shape index (κ2) is 7.49. The van der Waals surface area contributed by atoms with Gasteiger partial charge in [-0.2, -0.15) is 13.2 Å². The maximum atomic E-state index is 12.6. The zero-order valence-corrected chi connectivity index (χ0v) is 15.8. The second-order valence-electron chi connectivity index (χ2n) is 6.49. The zero-order chi connectivity index (χ0) is 21.5. The first-order valence-electron chi connectivity index (χ1n) is 8.60. The van der Waals surface area contributed by atoms with Crippen molar-refractivity contribution < 1.29 is 27.1 Å². The van der Waals surface area contributed by atoms with Crippen molar-refractivity contribution in [1.82, 2.24) is 9.55 Å². The van der Waals surface area contributed by atoms with E-state index in [0.717, 1.165) is 5.39 Å². The van der Waals surface area contributed by atoms with Crippen LogP contribution in [0.4, 0.5) is 13.2 Å². The van der Waals surface area contributed by atoms with Gasteiger partial charge in [-0.15, -0.1) is 0 Å². The Morgan fingerprint density at radius 1 is 1.20 bits per heavy atom. The van der Waals surface area contributed by atoms with Crippen LogP contribution in [0.3, 0.4) is 0 Å². The Hall–Kier alpha value is -3.33. The first-order chi connectivity index (χ1) is 14.2. The predicted molar refractivity (Wildman–Crippen MR) is 103 cm³/mol. The lowest BCUT2D eigenvalue weighted by molar-refractivity contribution is -0.161. The van der Waals surface area contributed by atoms with Gasteiger partial charge in [0.2, 0.25) is 0 Å². The van der Waals surface area contributed by atoms with Gasteiger partial charge in [0.15, 0.2) is 6.61 Å². The van der Waals surface area contributed by atoms with Gasteiger partial charge >= 0.3 is 12.1 Å². The van der Waals surface area contributed by atoms with Crippen LogP contribution in [0.1, 0.15) is 16.1 Å². The third-order valence-corrected chi connectivity index (χ3v) is 4.54. The molecule has 0 saturated carbocycles. The van der Waals surface area contributed by atoms with Gasteiger partial charge in [0.1, 0.15) is 16.9 Å². The van der Waals surface area contributed by atoms with Crippen LogP contribution in [0.2, 0.25) is 5.02 Å². The van der Waals surface area contributed by atoms with Crippen LogP contribution in [-0.4, -0.2) is 28.3 Å². The van der Waals surface area contributed by atoms with Gasteiger partial charge in [-0.1, -0.05) is 11.6 Å². The van der Waals surface area contributed by atoms with Crippen LogP contribution in [-0.2, 0) is 11.3 Å². The number of nitrogens with zero attached hydrogens (tertiary/aromatic N) is 2. The van der Waals surface area contributed by atoms with E-state index < -0.39 is 18.8 Å². The number of furan rings is 1. The van der Waals surface area contributed by atoms with E-state index in [1.165, 1.54) is 22.9 Å². The molecule has 4 rings (SSSR count). The number of carbonyl (C=O) groups is 1. The van der Waals surface area contributed by atoms with Gasteiger partial charge in [0, 0.05) is 29.0 Å². The highest BCUT2D eigenvalue weighted by molar-refractivity contribution is 6.32. The van der Waals surface area contributed by atoms with E-state index in [0.29, 0.717) is 16.5 Å². The minimum atomic E-state index is -4.66. The van der Waals surface area contributed by atoms with Crippen molar-refractivity contribution >= 4 is 39.3 Å². The number of esters is 1. The summed E-state index contributed by atoms with van der Waals surface area (Å²) >= 11 is 5.98. The molecule has 6 nitrogen and oxygen atoms in total. The average molecular weight is 437 g/mol. The lowest BCUT2D eigenvalue weighted by atomic mass is 10.1. The lowest BCUT2D eigenvalue weighted by Crippen LogP contribution is -2.20. The fourth-order valence-corrected chi connectivity index (χ4v) is 3.27. The molecule has 0 fully saturated rings. The molecule has 3 aromatic heterocycles. The van der Waals surface area contributed by atoms with Crippen LogP contribution >= 0.6 is 11.6 Å². The number of pyridine rings is 2. The Balaban J connectivity index is 1.69. The number of benzene rings is 1. The number of ether oxygens (including phenoxy) is 1. The molecular formula is C20H12ClF3N2O4. The predicted octanol–water partition coefficient (Wildman–Crippen LogP) is 4.56. The van der Waals surface area contributed by atoms with Gasteiger partial charge in [0.25, 0.3) is 5.56 Å². The largest absolute Gasteiger partial charge is 0.458 e. The molecule has 154 valence electrons. The molecule has 0 saturated heterocycles. The molecule has 10 heteroatoms. The molecule has 3 heterocycles. The summed E-state index contributed by atoms with van der Waals surface area (Å²) in [6.45, 7) is -1.69. The van der Waals surface area contributed by atoms with Gasteiger partial charge in [-0.05, 0) is 35.7 Å². The Kier molecular flexibility index (Phi) is 4.98. The van der Waals surface area contributed by atoms with Gasteiger partial charge in [-0.25, -0.2) is 4.79 Å². The Labute approximate surface area is 171 Å². The third-order valence-electron chi connectivity index (χ3n) is 4.33. The number of rotatable bonds is 4. The normalized spacial score (nSPS) is 11.9. The maximum absolute atomic E-state index is 12.6. The van der Waals surface area contributed by atoms with Crippen LogP contribution < -0.4 is 5.56 Å². The van der Waals surface area contributed by atoms with E-state index in [4.69, 9.17) is 16.0 Å². The van der Waals surface area contributed by atoms with E-state index in [9.17, 15) is 22.8 Å². The number of alkyl halides is 3. The van der Waals surface area contributed by atoms with Gasteiger partial charge < -0.3 is 13.7 Å². The molecule has 30 heavy (non-hydrogen) atoms. The van der Waals surface area contributed by atoms with Crippen LogP contribution in [0.5, 0.6) is 0 Å². The third kappa shape index (κ3) is 4.02. The van der Waals surface area contributed by atoms with E-state index in [2.05, 4.69) is 9.72 Å². The summed E-state index contributed by atoms with van der Waals surface area (Å²) in [6, 6.07) is 7.68. The van der Waals surface area contributed by atoms with Gasteiger partial charge in [-0.3, -0.25) is 9.78 Å². The highest BCUT2D eigenvalue weighted by Gasteiger charge is 2.30. The molecular weight excluding hydrogens is 425 g/mol. The number of aromatic nitrogens is 2. The smallest absolute Gasteiger partial charge is 0.422 e. The lowest BCUT2D eigenvalue weighted by Gasteiger charge is -2.08. The number of carbonyl (C=O) groups excluding carboxylic acids is 1. The molecule has 0 aliphatic heterocycles. The van der Waals surface area contributed by atoms with E-state index >= 15 is 0 Å². The standard InChI is InChI=1S/C20H12ClF3N2O4/c21-13-5-12-6-14(9-26-4-2-11-1-3-25-8-16(11)18(26)27)30-17(12)15(7-13)19(28)29-10-20(22,23)24/h1-8H,9-10H2. The molecule has 4 aromatic rings. The van der Waals surface area contributed by atoms with E-state index in [-0.39, 0.29) is 28.3 Å². The molecule has 1 aromatic carbocycles. The van der Waals surface area contributed by atoms with Crippen molar-refractivity contribution in [3.05, 3.63) is 75.6 Å². The fraction of sp³-hybridized carbons (Fsp3) is 0.150. The SMILES string of the molecule is O=C(OCC(F)(F)F)c1cc(Cl)cc2cc(Cn3ccc4ccncc4c3=O)oc12. The molecule has 0 bridgehead atoms. The summed E-state index contributed by atoms with van der Waals surface area (Å²) in [7, 11) is 0. The summed E-state index contributed by atoms with van der Waals surface area (Å²) in [6.07, 6.45) is -0.0348. The van der Waals surface area contributed by atoms with E-state index in [1.54, 1.807) is 30.6 Å². The second-order valence-corrected chi connectivity index (χ2v) is 6.92. The zero-order valence-electron chi connectivity index (χ0n) is 15.1. The van der Waals surface area contributed by atoms with Crippen molar-refractivity contribution in [1.29, 1.82) is 0 Å². The quantitative estimate of drug-likeness (QED) is 0.438. The topological polar surface area (TPSA) is 74.3 Å². The number of hydrogen-bond donors (Lipinski definition) is 0. The van der Waals surface area contributed by atoms with Crippen molar-refractivity contribution in [3.63, 3.8) is 0 Å². The highest BCUT2D eigenvalue weighted by Crippen LogP contribution is 2.29. The number of halogens is 4. The monoisotopic (exact) mass is 436 g/mol. The summed E-state index contributed by atoms with van der Waals surface area (Å²) in [4.78, 5) is 28.7. The average Bonchev–Trinajstić information content (AvgIpc) is 3.09. The Morgan fingerprint density at radius 3 is 2.77 bits per heavy atom. The maximum Gasteiger partial charge on any atom is 0.422 e. The van der Waals surface area contributed by atoms with Crippen molar-refractivity contribution in [3.8, 4) is 0 Å².